The highest BCUT2D eigenvalue weighted by Gasteiger charge is 2.12. The van der Waals surface area contributed by atoms with E-state index < -0.39 is 7.47 Å². The normalized spacial score (nSPS) is 12.0. The van der Waals surface area contributed by atoms with E-state index in [2.05, 4.69) is 28.9 Å². The van der Waals surface area contributed by atoms with Crippen molar-refractivity contribution in [3.63, 3.8) is 0 Å². The van der Waals surface area contributed by atoms with Crippen molar-refractivity contribution in [3.05, 3.63) is 0 Å². The average Bonchev–Trinajstić information content (AvgIpc) is 1.35. The van der Waals surface area contributed by atoms with Gasteiger partial charge < -0.3 is 3.87 Å². The Morgan fingerprint density at radius 1 is 1.50 bits per heavy atom. The van der Waals surface area contributed by atoms with Crippen LogP contribution in [-0.2, 0) is 3.87 Å². The Balaban J connectivity index is 3.17. The number of hydrogen-bond donors (Lipinski definition) is 2. The Hall–Kier alpha value is 0.877. The van der Waals surface area contributed by atoms with Crippen LogP contribution in [0.5, 0.6) is 0 Å². The van der Waals surface area contributed by atoms with E-state index >= 15 is 0 Å². The SMILES string of the molecule is C[Si](C)(S)OS. The molecule has 0 radical (unpaired) electrons. The molecule has 0 aromatic rings. The Morgan fingerprint density at radius 3 is 1.67 bits per heavy atom. The van der Waals surface area contributed by atoms with Crippen molar-refractivity contribution in [3.8, 4) is 0 Å². The minimum atomic E-state index is -1.57. The summed E-state index contributed by atoms with van der Waals surface area (Å²) in [6.07, 6.45) is 0. The van der Waals surface area contributed by atoms with Gasteiger partial charge in [-0.2, -0.15) is 12.1 Å². The lowest BCUT2D eigenvalue weighted by Crippen LogP contribution is -2.16. The molecule has 4 heteroatoms. The summed E-state index contributed by atoms with van der Waals surface area (Å²) in [4.78, 5) is 0. The van der Waals surface area contributed by atoms with Gasteiger partial charge in [-0.05, 0) is 26.0 Å². The molecule has 0 aromatic heterocycles. The topological polar surface area (TPSA) is 9.23 Å². The van der Waals surface area contributed by atoms with Crippen LogP contribution >= 0.6 is 25.0 Å². The summed E-state index contributed by atoms with van der Waals surface area (Å²) in [5.74, 6) is 0. The Kier molecular flexibility index (Phi) is 2.58. The number of rotatable bonds is 1. The predicted octanol–water partition coefficient (Wildman–Crippen LogP) is 1.48. The maximum atomic E-state index is 4.64. The maximum Gasteiger partial charge on any atom is 0.261 e. The highest BCUT2D eigenvalue weighted by atomic mass is 32.3. The molecule has 0 aliphatic heterocycles. The number of hydrogen-bond acceptors (Lipinski definition) is 3. The minimum absolute atomic E-state index is 1.57. The summed E-state index contributed by atoms with van der Waals surface area (Å²) < 4.78 is 4.64. The maximum absolute atomic E-state index is 4.64. The summed E-state index contributed by atoms with van der Waals surface area (Å²) in [5.41, 5.74) is 0. The largest absolute Gasteiger partial charge is 0.347 e. The molecule has 0 atom stereocenters. The predicted molar refractivity (Wildman–Crippen MR) is 36.5 cm³/mol. The molecular weight excluding hydrogens is 132 g/mol. The van der Waals surface area contributed by atoms with Crippen LogP contribution in [0.15, 0.2) is 0 Å². The zero-order valence-corrected chi connectivity index (χ0v) is 6.59. The molecule has 0 amide bonds. The van der Waals surface area contributed by atoms with E-state index in [1.54, 1.807) is 0 Å². The standard InChI is InChI=1S/C2H8OS2Si/c1-6(2,5)3-4/h4-5H,1-2H3. The molecule has 0 saturated heterocycles. The third kappa shape index (κ3) is 4.88. The van der Waals surface area contributed by atoms with E-state index in [-0.39, 0.29) is 0 Å². The van der Waals surface area contributed by atoms with Gasteiger partial charge in [0.1, 0.15) is 0 Å². The summed E-state index contributed by atoms with van der Waals surface area (Å²) in [5, 5.41) is 0. The van der Waals surface area contributed by atoms with Crippen molar-refractivity contribution in [2.45, 2.75) is 13.1 Å². The van der Waals surface area contributed by atoms with E-state index in [1.807, 2.05) is 13.1 Å². The van der Waals surface area contributed by atoms with Gasteiger partial charge in [0.2, 0.25) is 0 Å². The van der Waals surface area contributed by atoms with E-state index in [9.17, 15) is 0 Å². The van der Waals surface area contributed by atoms with Crippen LogP contribution in [0.4, 0.5) is 0 Å². The molecule has 0 spiro atoms. The van der Waals surface area contributed by atoms with Crippen LogP contribution in [0.25, 0.3) is 0 Å². The third-order valence-corrected chi connectivity index (χ3v) is 2.75. The van der Waals surface area contributed by atoms with Crippen molar-refractivity contribution in [2.75, 3.05) is 0 Å². The second kappa shape index (κ2) is 2.25. The summed E-state index contributed by atoms with van der Waals surface area (Å²) in [7, 11) is -1.57. The smallest absolute Gasteiger partial charge is 0.261 e. The molecule has 0 aliphatic carbocycles. The molecule has 0 fully saturated rings. The molecule has 38 valence electrons. The first kappa shape index (κ1) is 6.88. The molecule has 0 bridgehead atoms. The minimum Gasteiger partial charge on any atom is -0.347 e. The molecule has 0 rings (SSSR count). The molecule has 0 heterocycles. The zero-order valence-electron chi connectivity index (χ0n) is 3.80. The van der Waals surface area contributed by atoms with E-state index in [1.165, 1.54) is 0 Å². The Bertz CT molecular complexity index is 41.3. The van der Waals surface area contributed by atoms with Crippen LogP contribution < -0.4 is 0 Å². The van der Waals surface area contributed by atoms with Crippen molar-refractivity contribution < 1.29 is 3.87 Å². The van der Waals surface area contributed by atoms with Crippen LogP contribution in [0.3, 0.4) is 0 Å². The molecule has 0 saturated carbocycles. The molecule has 0 aliphatic rings. The molecular formula is C2H8OS2Si. The molecule has 1 nitrogen and oxygen atoms in total. The average molecular weight is 140 g/mol. The second-order valence-corrected chi connectivity index (χ2v) is 8.39. The van der Waals surface area contributed by atoms with Crippen LogP contribution in [0.2, 0.25) is 13.1 Å². The van der Waals surface area contributed by atoms with Crippen molar-refractivity contribution in [1.82, 2.24) is 0 Å². The van der Waals surface area contributed by atoms with Gasteiger partial charge in [0.25, 0.3) is 7.47 Å². The van der Waals surface area contributed by atoms with Gasteiger partial charge in [-0.25, -0.2) is 0 Å². The quantitative estimate of drug-likeness (QED) is 0.319. The first-order valence-corrected chi connectivity index (χ1v) is 6.17. The van der Waals surface area contributed by atoms with Crippen molar-refractivity contribution >= 4 is 32.5 Å². The first-order chi connectivity index (χ1) is 2.56. The van der Waals surface area contributed by atoms with Crippen LogP contribution in [0, 0.1) is 0 Å². The van der Waals surface area contributed by atoms with Gasteiger partial charge in [0, 0.05) is 0 Å². The van der Waals surface area contributed by atoms with Crippen LogP contribution in [0.1, 0.15) is 0 Å². The molecule has 0 N–H and O–H groups in total. The third-order valence-electron chi connectivity index (χ3n) is 0.223. The fraction of sp³-hybridized carbons (Fsp3) is 1.00. The van der Waals surface area contributed by atoms with E-state index in [4.69, 9.17) is 0 Å². The molecule has 0 unspecified atom stereocenters. The van der Waals surface area contributed by atoms with Crippen molar-refractivity contribution in [1.29, 1.82) is 0 Å². The first-order valence-electron chi connectivity index (χ1n) is 1.61. The zero-order chi connectivity index (χ0) is 5.21. The fourth-order valence-corrected chi connectivity index (χ4v) is 0. The van der Waals surface area contributed by atoms with E-state index in [0.717, 1.165) is 0 Å². The monoisotopic (exact) mass is 140 g/mol. The summed E-state index contributed by atoms with van der Waals surface area (Å²) in [6, 6.07) is 0. The Morgan fingerprint density at radius 2 is 1.67 bits per heavy atom. The highest BCUT2D eigenvalue weighted by Crippen LogP contribution is 2.08. The fourth-order valence-electron chi connectivity index (χ4n) is 0. The van der Waals surface area contributed by atoms with Crippen molar-refractivity contribution in [2.24, 2.45) is 0 Å². The molecule has 6 heavy (non-hydrogen) atoms. The van der Waals surface area contributed by atoms with Gasteiger partial charge in [-0.3, -0.25) is 0 Å². The lowest BCUT2D eigenvalue weighted by atomic mass is 11.9. The highest BCUT2D eigenvalue weighted by molar-refractivity contribution is 8.14. The summed E-state index contributed by atoms with van der Waals surface area (Å²) >= 11 is 7.68. The second-order valence-electron chi connectivity index (χ2n) is 1.54. The van der Waals surface area contributed by atoms with Gasteiger partial charge in [-0.1, -0.05) is 0 Å². The van der Waals surface area contributed by atoms with E-state index in [0.29, 0.717) is 0 Å². The number of thiol groups is 2. The van der Waals surface area contributed by atoms with Gasteiger partial charge in [-0.15, -0.1) is 0 Å². The van der Waals surface area contributed by atoms with Gasteiger partial charge in [0.05, 0.1) is 0 Å². The lowest BCUT2D eigenvalue weighted by molar-refractivity contribution is 0.686. The summed E-state index contributed by atoms with van der Waals surface area (Å²) in [6.45, 7) is 3.90. The van der Waals surface area contributed by atoms with Gasteiger partial charge >= 0.3 is 0 Å². The Labute approximate surface area is 49.9 Å². The lowest BCUT2D eigenvalue weighted by Gasteiger charge is -2.07. The van der Waals surface area contributed by atoms with Crippen LogP contribution in [-0.4, -0.2) is 7.47 Å². The van der Waals surface area contributed by atoms with Gasteiger partial charge in [0.15, 0.2) is 0 Å². The molecule has 0 aromatic carbocycles.